The second kappa shape index (κ2) is 3.80. The molecule has 0 bridgehead atoms. The lowest BCUT2D eigenvalue weighted by Gasteiger charge is -2.02. The Bertz CT molecular complexity index is 346. The molecule has 0 N–H and O–H groups in total. The Morgan fingerprint density at radius 1 is 1.38 bits per heavy atom. The molecule has 4 nitrogen and oxygen atoms in total. The molecule has 0 spiro atoms. The Balaban J connectivity index is 3.19. The first-order chi connectivity index (χ1) is 6.16. The molecule has 1 rings (SSSR count). The molecular weight excluding hydrogens is 170 g/mol. The smallest absolute Gasteiger partial charge is 0.340 e. The van der Waals surface area contributed by atoms with Gasteiger partial charge in [-0.05, 0) is 13.0 Å². The van der Waals surface area contributed by atoms with Gasteiger partial charge >= 0.3 is 5.97 Å². The summed E-state index contributed by atoms with van der Waals surface area (Å²) in [7, 11) is 1.26. The van der Waals surface area contributed by atoms with Crippen LogP contribution < -0.4 is 0 Å². The Kier molecular flexibility index (Phi) is 2.74. The van der Waals surface area contributed by atoms with E-state index in [1.165, 1.54) is 32.5 Å². The monoisotopic (exact) mass is 179 g/mol. The molecule has 0 atom stereocenters. The normalized spacial score (nSPS) is 9.38. The van der Waals surface area contributed by atoms with Gasteiger partial charge in [-0.3, -0.25) is 9.78 Å². The van der Waals surface area contributed by atoms with Crippen molar-refractivity contribution in [3.63, 3.8) is 0 Å². The number of carbonyl (C=O) groups is 2. The van der Waals surface area contributed by atoms with Crippen LogP contribution in [0.1, 0.15) is 27.6 Å². The number of methoxy groups -OCH3 is 1. The number of nitrogens with zero attached hydrogens (tertiary/aromatic N) is 1. The van der Waals surface area contributed by atoms with Crippen molar-refractivity contribution in [1.29, 1.82) is 0 Å². The number of rotatable bonds is 2. The highest BCUT2D eigenvalue weighted by atomic mass is 16.5. The fourth-order valence-electron chi connectivity index (χ4n) is 0.974. The van der Waals surface area contributed by atoms with E-state index in [1.54, 1.807) is 0 Å². The molecule has 1 aromatic rings. The zero-order valence-electron chi connectivity index (χ0n) is 7.40. The van der Waals surface area contributed by atoms with Gasteiger partial charge in [0.2, 0.25) is 0 Å². The highest BCUT2D eigenvalue weighted by Gasteiger charge is 2.13. The lowest BCUT2D eigenvalue weighted by atomic mass is 10.1. The van der Waals surface area contributed by atoms with Crippen molar-refractivity contribution in [3.8, 4) is 0 Å². The number of carbonyl (C=O) groups excluding carboxylic acids is 2. The zero-order valence-corrected chi connectivity index (χ0v) is 7.40. The minimum atomic E-state index is -0.543. The zero-order chi connectivity index (χ0) is 9.84. The van der Waals surface area contributed by atoms with Crippen LogP contribution in [0.25, 0.3) is 0 Å². The van der Waals surface area contributed by atoms with Crippen LogP contribution in [0.2, 0.25) is 0 Å². The fraction of sp³-hybridized carbons (Fsp3) is 0.222. The van der Waals surface area contributed by atoms with E-state index in [-0.39, 0.29) is 11.3 Å². The van der Waals surface area contributed by atoms with Gasteiger partial charge in [0.05, 0.1) is 12.7 Å². The third-order valence-corrected chi connectivity index (χ3v) is 1.61. The van der Waals surface area contributed by atoms with E-state index in [9.17, 15) is 9.59 Å². The quantitative estimate of drug-likeness (QED) is 0.503. The molecule has 13 heavy (non-hydrogen) atoms. The molecule has 1 heterocycles. The van der Waals surface area contributed by atoms with Crippen molar-refractivity contribution in [1.82, 2.24) is 4.98 Å². The summed E-state index contributed by atoms with van der Waals surface area (Å²) in [5.41, 5.74) is 0.541. The Morgan fingerprint density at radius 2 is 2.08 bits per heavy atom. The maximum atomic E-state index is 11.1. The standard InChI is InChI=1S/C9H9NO3/c1-6(11)7-3-4-10-5-8(7)9(12)13-2/h3-5H,1-2H3. The number of pyridine rings is 1. The Morgan fingerprint density at radius 3 is 2.62 bits per heavy atom. The molecule has 68 valence electrons. The van der Waals surface area contributed by atoms with E-state index in [4.69, 9.17) is 0 Å². The van der Waals surface area contributed by atoms with E-state index in [1.807, 2.05) is 0 Å². The van der Waals surface area contributed by atoms with Crippen LogP contribution in [0.15, 0.2) is 18.5 Å². The average Bonchev–Trinajstić information content (AvgIpc) is 2.16. The van der Waals surface area contributed by atoms with Crippen LogP contribution in [0.3, 0.4) is 0 Å². The van der Waals surface area contributed by atoms with Gasteiger partial charge in [-0.2, -0.15) is 0 Å². The molecular formula is C9H9NO3. The summed E-state index contributed by atoms with van der Waals surface area (Å²) in [4.78, 5) is 25.9. The van der Waals surface area contributed by atoms with Crippen LogP contribution in [-0.2, 0) is 4.74 Å². The van der Waals surface area contributed by atoms with Crippen molar-refractivity contribution < 1.29 is 14.3 Å². The van der Waals surface area contributed by atoms with Crippen LogP contribution >= 0.6 is 0 Å². The van der Waals surface area contributed by atoms with E-state index in [0.29, 0.717) is 5.56 Å². The Labute approximate surface area is 75.5 Å². The highest BCUT2D eigenvalue weighted by Crippen LogP contribution is 2.08. The van der Waals surface area contributed by atoms with Crippen LogP contribution in [-0.4, -0.2) is 23.8 Å². The molecule has 0 radical (unpaired) electrons. The summed E-state index contributed by atoms with van der Waals surface area (Å²) < 4.78 is 4.50. The van der Waals surface area contributed by atoms with Gasteiger partial charge in [0.1, 0.15) is 0 Å². The maximum Gasteiger partial charge on any atom is 0.340 e. The van der Waals surface area contributed by atoms with Crippen molar-refractivity contribution >= 4 is 11.8 Å². The number of ether oxygens (including phenoxy) is 1. The molecule has 0 fully saturated rings. The second-order valence-corrected chi connectivity index (χ2v) is 2.47. The first-order valence-electron chi connectivity index (χ1n) is 3.70. The molecule has 0 saturated heterocycles. The molecule has 0 amide bonds. The van der Waals surface area contributed by atoms with E-state index in [0.717, 1.165) is 0 Å². The maximum absolute atomic E-state index is 11.1. The fourth-order valence-corrected chi connectivity index (χ4v) is 0.974. The average molecular weight is 179 g/mol. The summed E-state index contributed by atoms with van der Waals surface area (Å²) in [6.07, 6.45) is 2.78. The largest absolute Gasteiger partial charge is 0.465 e. The van der Waals surface area contributed by atoms with Gasteiger partial charge in [0.25, 0.3) is 0 Å². The number of esters is 1. The summed E-state index contributed by atoms with van der Waals surface area (Å²) in [5, 5.41) is 0. The van der Waals surface area contributed by atoms with Crippen LogP contribution in [0, 0.1) is 0 Å². The number of ketones is 1. The van der Waals surface area contributed by atoms with Gasteiger partial charge in [0, 0.05) is 18.0 Å². The molecule has 1 aromatic heterocycles. The lowest BCUT2D eigenvalue weighted by molar-refractivity contribution is 0.0596. The van der Waals surface area contributed by atoms with Crippen LogP contribution in [0.5, 0.6) is 0 Å². The van der Waals surface area contributed by atoms with Crippen molar-refractivity contribution in [3.05, 3.63) is 29.6 Å². The van der Waals surface area contributed by atoms with E-state index in [2.05, 4.69) is 9.72 Å². The molecule has 0 saturated carbocycles. The summed E-state index contributed by atoms with van der Waals surface area (Å²) in [5.74, 6) is -0.721. The number of hydrogen-bond acceptors (Lipinski definition) is 4. The predicted molar refractivity (Wildman–Crippen MR) is 45.6 cm³/mol. The van der Waals surface area contributed by atoms with E-state index < -0.39 is 5.97 Å². The Hall–Kier alpha value is -1.71. The lowest BCUT2D eigenvalue weighted by Crippen LogP contribution is -2.08. The minimum absolute atomic E-state index is 0.178. The topological polar surface area (TPSA) is 56.3 Å². The van der Waals surface area contributed by atoms with Gasteiger partial charge in [0.15, 0.2) is 5.78 Å². The molecule has 0 aromatic carbocycles. The van der Waals surface area contributed by atoms with Crippen molar-refractivity contribution in [2.45, 2.75) is 6.92 Å². The molecule has 0 aliphatic carbocycles. The van der Waals surface area contributed by atoms with Crippen LogP contribution in [0.4, 0.5) is 0 Å². The minimum Gasteiger partial charge on any atom is -0.465 e. The molecule has 0 aliphatic heterocycles. The van der Waals surface area contributed by atoms with Gasteiger partial charge in [-0.25, -0.2) is 4.79 Å². The first kappa shape index (κ1) is 9.38. The molecule has 4 heteroatoms. The highest BCUT2D eigenvalue weighted by molar-refractivity contribution is 6.04. The van der Waals surface area contributed by atoms with Crippen molar-refractivity contribution in [2.75, 3.05) is 7.11 Å². The number of aromatic nitrogens is 1. The molecule has 0 unspecified atom stereocenters. The molecule has 0 aliphatic rings. The second-order valence-electron chi connectivity index (χ2n) is 2.47. The van der Waals surface area contributed by atoms with Gasteiger partial charge in [-0.1, -0.05) is 0 Å². The van der Waals surface area contributed by atoms with Gasteiger partial charge < -0.3 is 4.74 Å². The number of Topliss-reactive ketones (excluding diaryl/α,β-unsaturated/α-hetero) is 1. The summed E-state index contributed by atoms with van der Waals surface area (Å²) >= 11 is 0. The first-order valence-corrected chi connectivity index (χ1v) is 3.70. The third kappa shape index (κ3) is 1.90. The summed E-state index contributed by atoms with van der Waals surface area (Å²) in [6.45, 7) is 1.39. The number of hydrogen-bond donors (Lipinski definition) is 0. The van der Waals surface area contributed by atoms with E-state index >= 15 is 0 Å². The third-order valence-electron chi connectivity index (χ3n) is 1.61. The van der Waals surface area contributed by atoms with Crippen molar-refractivity contribution in [2.24, 2.45) is 0 Å². The SMILES string of the molecule is COC(=O)c1cnccc1C(C)=O. The summed E-state index contributed by atoms with van der Waals surface area (Å²) in [6, 6.07) is 1.49. The van der Waals surface area contributed by atoms with Gasteiger partial charge in [-0.15, -0.1) is 0 Å². The predicted octanol–water partition coefficient (Wildman–Crippen LogP) is 1.07.